The molecule has 8 heteroatoms. The molecule has 1 rings (SSSR count). The van der Waals surface area contributed by atoms with E-state index in [1.807, 2.05) is 0 Å². The molecule has 0 aliphatic carbocycles. The predicted molar refractivity (Wildman–Crippen MR) is 61.2 cm³/mol. The van der Waals surface area contributed by atoms with Crippen LogP contribution in [0.5, 0.6) is 0 Å². The highest BCUT2D eigenvalue weighted by atomic mass is 35.5. The average Bonchev–Trinajstić information content (AvgIpc) is 2.20. The molecule has 104 valence electrons. The van der Waals surface area contributed by atoms with Gasteiger partial charge in [-0.25, -0.2) is 4.39 Å². The molecule has 0 aliphatic heterocycles. The van der Waals surface area contributed by atoms with Crippen LogP contribution in [0.25, 0.3) is 0 Å². The fraction of sp³-hybridized carbons (Fsp3) is 0.400. The van der Waals surface area contributed by atoms with Gasteiger partial charge in [-0.1, -0.05) is 11.6 Å². The summed E-state index contributed by atoms with van der Waals surface area (Å²) in [6.07, 6.45) is -4.92. The second kappa shape index (κ2) is 6.54. The van der Waals surface area contributed by atoms with Crippen LogP contribution in [-0.2, 0) is 6.18 Å². The molecule has 0 amide bonds. The van der Waals surface area contributed by atoms with Crippen molar-refractivity contribution in [3.63, 3.8) is 0 Å². The summed E-state index contributed by atoms with van der Waals surface area (Å²) in [5.41, 5.74) is 3.85. The van der Waals surface area contributed by atoms with Crippen molar-refractivity contribution < 1.29 is 22.0 Å². The van der Waals surface area contributed by atoms with Gasteiger partial charge in [0.1, 0.15) is 5.82 Å². The maximum Gasteiger partial charge on any atom is 0.416 e. The lowest BCUT2D eigenvalue weighted by Gasteiger charge is -2.15. The van der Waals surface area contributed by atoms with Crippen molar-refractivity contribution in [2.75, 3.05) is 6.67 Å². The zero-order valence-electron chi connectivity index (χ0n) is 8.90. The molecule has 0 aromatic heterocycles. The Labute approximate surface area is 112 Å². The quantitative estimate of drug-likeness (QED) is 0.829. The summed E-state index contributed by atoms with van der Waals surface area (Å²) in [6, 6.07) is -0.121. The van der Waals surface area contributed by atoms with E-state index in [1.165, 1.54) is 0 Å². The summed E-state index contributed by atoms with van der Waals surface area (Å²) in [6.45, 7) is -0.853. The topological polar surface area (TPSA) is 26.0 Å². The Morgan fingerprint density at radius 3 is 2.28 bits per heavy atom. The van der Waals surface area contributed by atoms with Crippen molar-refractivity contribution in [1.82, 2.24) is 0 Å². The molecule has 2 N–H and O–H groups in total. The molecule has 0 aliphatic rings. The largest absolute Gasteiger partial charge is 0.416 e. The SMILES string of the molecule is Cl.N[C@H](CCF)c1cc(C(F)(F)F)cc(Cl)c1F. The van der Waals surface area contributed by atoms with Gasteiger partial charge in [0.05, 0.1) is 17.3 Å². The minimum atomic E-state index is -4.65. The van der Waals surface area contributed by atoms with Crippen molar-refractivity contribution in [1.29, 1.82) is 0 Å². The van der Waals surface area contributed by atoms with Crippen LogP contribution in [0.4, 0.5) is 22.0 Å². The van der Waals surface area contributed by atoms with Gasteiger partial charge in [0.2, 0.25) is 0 Å². The first-order chi connectivity index (χ1) is 7.77. The first-order valence-electron chi connectivity index (χ1n) is 4.65. The van der Waals surface area contributed by atoms with Crippen LogP contribution >= 0.6 is 24.0 Å². The number of benzene rings is 1. The fourth-order valence-electron chi connectivity index (χ4n) is 1.32. The van der Waals surface area contributed by atoms with Crippen LogP contribution in [0, 0.1) is 5.82 Å². The smallest absolute Gasteiger partial charge is 0.324 e. The first-order valence-corrected chi connectivity index (χ1v) is 5.03. The molecule has 0 fully saturated rings. The van der Waals surface area contributed by atoms with E-state index in [0.29, 0.717) is 12.1 Å². The van der Waals surface area contributed by atoms with Gasteiger partial charge in [-0.15, -0.1) is 12.4 Å². The summed E-state index contributed by atoms with van der Waals surface area (Å²) >= 11 is 5.34. The van der Waals surface area contributed by atoms with Crippen LogP contribution in [0.15, 0.2) is 12.1 Å². The van der Waals surface area contributed by atoms with Crippen LogP contribution in [0.3, 0.4) is 0 Å². The Morgan fingerprint density at radius 1 is 1.28 bits per heavy atom. The lowest BCUT2D eigenvalue weighted by Crippen LogP contribution is -2.15. The van der Waals surface area contributed by atoms with Crippen molar-refractivity contribution in [2.45, 2.75) is 18.6 Å². The van der Waals surface area contributed by atoms with E-state index in [-0.39, 0.29) is 18.8 Å². The van der Waals surface area contributed by atoms with E-state index in [2.05, 4.69) is 0 Å². The Balaban J connectivity index is 0.00000289. The van der Waals surface area contributed by atoms with Crippen molar-refractivity contribution >= 4 is 24.0 Å². The summed E-state index contributed by atoms with van der Waals surface area (Å²) in [5, 5.41) is -0.677. The van der Waals surface area contributed by atoms with Crippen LogP contribution in [-0.4, -0.2) is 6.67 Å². The minimum Gasteiger partial charge on any atom is -0.324 e. The fourth-order valence-corrected chi connectivity index (χ4v) is 1.54. The molecule has 0 spiro atoms. The van der Waals surface area contributed by atoms with Crippen molar-refractivity contribution in [2.24, 2.45) is 5.73 Å². The summed E-state index contributed by atoms with van der Waals surface area (Å²) < 4.78 is 62.8. The molecule has 1 aromatic carbocycles. The van der Waals surface area contributed by atoms with E-state index < -0.39 is 40.9 Å². The van der Waals surface area contributed by atoms with Crippen molar-refractivity contribution in [3.8, 4) is 0 Å². The highest BCUT2D eigenvalue weighted by molar-refractivity contribution is 6.30. The molecular formula is C10H10Cl2F5N. The summed E-state index contributed by atoms with van der Waals surface area (Å²) in [4.78, 5) is 0. The van der Waals surface area contributed by atoms with Gasteiger partial charge in [-0.05, 0) is 18.6 Å². The monoisotopic (exact) mass is 309 g/mol. The minimum absolute atomic E-state index is 0. The third-order valence-electron chi connectivity index (χ3n) is 2.20. The van der Waals surface area contributed by atoms with Crippen molar-refractivity contribution in [3.05, 3.63) is 34.1 Å². The number of nitrogens with two attached hydrogens (primary N) is 1. The van der Waals surface area contributed by atoms with Crippen LogP contribution in [0.1, 0.15) is 23.6 Å². The third-order valence-corrected chi connectivity index (χ3v) is 2.48. The Morgan fingerprint density at radius 2 is 1.83 bits per heavy atom. The van der Waals surface area contributed by atoms with Gasteiger partial charge < -0.3 is 5.73 Å². The van der Waals surface area contributed by atoms with Crippen LogP contribution < -0.4 is 5.73 Å². The van der Waals surface area contributed by atoms with Gasteiger partial charge in [-0.2, -0.15) is 13.2 Å². The van der Waals surface area contributed by atoms with Crippen LogP contribution in [0.2, 0.25) is 5.02 Å². The average molecular weight is 310 g/mol. The normalized spacial score (nSPS) is 13.1. The molecule has 18 heavy (non-hydrogen) atoms. The molecular weight excluding hydrogens is 300 g/mol. The second-order valence-corrected chi connectivity index (χ2v) is 3.85. The van der Waals surface area contributed by atoms with Gasteiger partial charge >= 0.3 is 6.18 Å². The molecule has 0 bridgehead atoms. The first kappa shape index (κ1) is 17.4. The molecule has 1 aromatic rings. The van der Waals surface area contributed by atoms with Gasteiger partial charge in [0, 0.05) is 11.6 Å². The second-order valence-electron chi connectivity index (χ2n) is 3.44. The van der Waals surface area contributed by atoms with E-state index in [4.69, 9.17) is 17.3 Å². The summed E-state index contributed by atoms with van der Waals surface area (Å²) in [7, 11) is 0. The van der Waals surface area contributed by atoms with E-state index in [1.54, 1.807) is 0 Å². The lowest BCUT2D eigenvalue weighted by molar-refractivity contribution is -0.137. The van der Waals surface area contributed by atoms with E-state index in [9.17, 15) is 22.0 Å². The number of halogens is 7. The molecule has 0 saturated heterocycles. The number of hydrogen-bond acceptors (Lipinski definition) is 1. The van der Waals surface area contributed by atoms with E-state index >= 15 is 0 Å². The highest BCUT2D eigenvalue weighted by Crippen LogP contribution is 2.35. The summed E-state index contributed by atoms with van der Waals surface area (Å²) in [5.74, 6) is -1.04. The standard InChI is InChI=1S/C10H9ClF5N.ClH/c11-7-4-5(10(14,15)16)3-6(9(7)13)8(17)1-2-12;/h3-4,8H,1-2,17H2;1H/t8-;/m1./s1. The molecule has 0 radical (unpaired) electrons. The molecule has 1 nitrogen and oxygen atoms in total. The molecule has 0 saturated carbocycles. The third kappa shape index (κ3) is 3.96. The Hall–Kier alpha value is -0.590. The number of hydrogen-bond donors (Lipinski definition) is 1. The maximum absolute atomic E-state index is 13.4. The highest BCUT2D eigenvalue weighted by Gasteiger charge is 2.32. The zero-order valence-corrected chi connectivity index (χ0v) is 10.5. The molecule has 1 atom stereocenters. The molecule has 0 heterocycles. The lowest BCUT2D eigenvalue weighted by atomic mass is 10.0. The van der Waals surface area contributed by atoms with Gasteiger partial charge in [-0.3, -0.25) is 4.39 Å². The molecule has 0 unspecified atom stereocenters. The Bertz CT molecular complexity index is 408. The number of rotatable bonds is 3. The van der Waals surface area contributed by atoms with Gasteiger partial charge in [0.15, 0.2) is 0 Å². The number of alkyl halides is 4. The van der Waals surface area contributed by atoms with Gasteiger partial charge in [0.25, 0.3) is 0 Å². The Kier molecular flexibility index (Phi) is 6.33. The maximum atomic E-state index is 13.4. The van der Waals surface area contributed by atoms with E-state index in [0.717, 1.165) is 0 Å². The zero-order chi connectivity index (χ0) is 13.2. The predicted octanol–water partition coefficient (Wildman–Crippen LogP) is 4.28.